The van der Waals surface area contributed by atoms with Crippen LogP contribution in [0.25, 0.3) is 0 Å². The second-order valence-corrected chi connectivity index (χ2v) is 4.91. The van der Waals surface area contributed by atoms with Crippen molar-refractivity contribution in [3.8, 4) is 0 Å². The summed E-state index contributed by atoms with van der Waals surface area (Å²) in [6.07, 6.45) is 2.34. The number of carboxylic acids is 1. The maximum absolute atomic E-state index is 11.1. The number of rotatable bonds is 4. The van der Waals surface area contributed by atoms with Gasteiger partial charge in [0, 0.05) is 11.4 Å². The van der Waals surface area contributed by atoms with Crippen LogP contribution in [0.2, 0.25) is 5.02 Å². The van der Waals surface area contributed by atoms with E-state index in [2.05, 4.69) is 9.97 Å². The fourth-order valence-corrected chi connectivity index (χ4v) is 2.13. The lowest BCUT2D eigenvalue weighted by Crippen LogP contribution is -2.02. The largest absolute Gasteiger partial charge is 0.476 e. The summed E-state index contributed by atoms with van der Waals surface area (Å²) in [5.41, 5.74) is 1.67. The Morgan fingerprint density at radius 2 is 2.11 bits per heavy atom. The number of benzene rings is 1. The van der Waals surface area contributed by atoms with Gasteiger partial charge < -0.3 is 10.1 Å². The second-order valence-electron chi connectivity index (χ2n) is 3.68. The molecule has 0 spiro atoms. The van der Waals surface area contributed by atoms with Crippen LogP contribution in [-0.4, -0.2) is 27.3 Å². The number of H-pyrrole nitrogens is 1. The molecule has 18 heavy (non-hydrogen) atoms. The zero-order valence-electron chi connectivity index (χ0n) is 9.61. The monoisotopic (exact) mass is 282 g/mol. The Labute approximate surface area is 113 Å². The number of aromatic nitrogens is 2. The zero-order chi connectivity index (χ0) is 13.1. The van der Waals surface area contributed by atoms with Crippen LogP contribution in [0.3, 0.4) is 0 Å². The highest BCUT2D eigenvalue weighted by atomic mass is 35.5. The van der Waals surface area contributed by atoms with Crippen LogP contribution in [0.1, 0.15) is 21.7 Å². The predicted molar refractivity (Wildman–Crippen MR) is 71.6 cm³/mol. The number of thioether (sulfide) groups is 1. The number of carbonyl (C=O) groups is 1. The van der Waals surface area contributed by atoms with Crippen molar-refractivity contribution >= 4 is 29.3 Å². The lowest BCUT2D eigenvalue weighted by atomic mass is 10.1. The summed E-state index contributed by atoms with van der Waals surface area (Å²) in [6.45, 7) is 0. The first-order chi connectivity index (χ1) is 8.60. The number of hydrogen-bond donors (Lipinski definition) is 2. The van der Waals surface area contributed by atoms with Crippen LogP contribution in [0.4, 0.5) is 0 Å². The molecule has 94 valence electrons. The van der Waals surface area contributed by atoms with Crippen LogP contribution in [0.15, 0.2) is 29.4 Å². The molecule has 2 rings (SSSR count). The summed E-state index contributed by atoms with van der Waals surface area (Å²) in [6, 6.07) is 7.30. The molecule has 0 radical (unpaired) electrons. The number of nitrogens with zero attached hydrogens (tertiary/aromatic N) is 1. The maximum atomic E-state index is 11.1. The summed E-state index contributed by atoms with van der Waals surface area (Å²) >= 11 is 7.19. The molecule has 2 N–H and O–H groups in total. The third kappa shape index (κ3) is 2.86. The molecule has 1 aromatic heterocycles. The van der Waals surface area contributed by atoms with Gasteiger partial charge in [0.15, 0.2) is 10.9 Å². The van der Waals surface area contributed by atoms with Crippen LogP contribution in [-0.2, 0) is 6.42 Å². The van der Waals surface area contributed by atoms with Crippen LogP contribution >= 0.6 is 23.4 Å². The number of nitrogens with one attached hydrogen (secondary N) is 1. The van der Waals surface area contributed by atoms with Gasteiger partial charge in [-0.2, -0.15) is 0 Å². The molecule has 0 aliphatic heterocycles. The molecule has 4 nitrogen and oxygen atoms in total. The highest BCUT2D eigenvalue weighted by Gasteiger charge is 2.16. The van der Waals surface area contributed by atoms with E-state index in [9.17, 15) is 4.79 Å². The Hall–Kier alpha value is -1.46. The molecule has 0 bridgehead atoms. The number of aromatic carboxylic acids is 1. The Kier molecular flexibility index (Phi) is 3.93. The molecule has 0 amide bonds. The number of carboxylic acid groups (broad SMARTS) is 1. The Balaban J connectivity index is 2.30. The van der Waals surface area contributed by atoms with E-state index in [0.717, 1.165) is 5.56 Å². The number of hydrogen-bond acceptors (Lipinski definition) is 3. The van der Waals surface area contributed by atoms with Crippen molar-refractivity contribution in [3.63, 3.8) is 0 Å². The Bertz CT molecular complexity index is 566. The molecular weight excluding hydrogens is 272 g/mol. The minimum atomic E-state index is -1.02. The van der Waals surface area contributed by atoms with E-state index in [1.54, 1.807) is 12.1 Å². The molecule has 0 fully saturated rings. The normalized spacial score (nSPS) is 10.6. The number of imidazole rings is 1. The van der Waals surface area contributed by atoms with Gasteiger partial charge >= 0.3 is 5.97 Å². The molecule has 1 aromatic carbocycles. The van der Waals surface area contributed by atoms with E-state index >= 15 is 0 Å². The van der Waals surface area contributed by atoms with Crippen LogP contribution in [0, 0.1) is 0 Å². The first kappa shape index (κ1) is 13.0. The quantitative estimate of drug-likeness (QED) is 0.846. The van der Waals surface area contributed by atoms with Crippen molar-refractivity contribution in [2.24, 2.45) is 0 Å². The summed E-state index contributed by atoms with van der Waals surface area (Å²) in [7, 11) is 0. The average Bonchev–Trinajstić information content (AvgIpc) is 2.75. The van der Waals surface area contributed by atoms with E-state index in [1.807, 2.05) is 18.4 Å². The topological polar surface area (TPSA) is 66.0 Å². The van der Waals surface area contributed by atoms with Gasteiger partial charge in [-0.1, -0.05) is 35.5 Å². The van der Waals surface area contributed by atoms with Gasteiger partial charge in [-0.25, -0.2) is 9.78 Å². The van der Waals surface area contributed by atoms with Crippen molar-refractivity contribution in [1.82, 2.24) is 9.97 Å². The van der Waals surface area contributed by atoms with Crippen molar-refractivity contribution < 1.29 is 9.90 Å². The molecule has 0 aliphatic carbocycles. The lowest BCUT2D eigenvalue weighted by Gasteiger charge is -2.00. The number of aromatic amines is 1. The lowest BCUT2D eigenvalue weighted by molar-refractivity contribution is 0.0689. The van der Waals surface area contributed by atoms with E-state index in [-0.39, 0.29) is 5.69 Å². The van der Waals surface area contributed by atoms with E-state index in [0.29, 0.717) is 22.3 Å². The highest BCUT2D eigenvalue weighted by molar-refractivity contribution is 7.98. The fourth-order valence-electron chi connectivity index (χ4n) is 1.59. The molecule has 6 heteroatoms. The van der Waals surface area contributed by atoms with Crippen molar-refractivity contribution in [3.05, 3.63) is 46.2 Å². The third-order valence-corrected chi connectivity index (χ3v) is 3.28. The molecule has 0 saturated carbocycles. The first-order valence-electron chi connectivity index (χ1n) is 5.20. The third-order valence-electron chi connectivity index (χ3n) is 2.45. The average molecular weight is 283 g/mol. The molecular formula is C12H11ClN2O2S. The highest BCUT2D eigenvalue weighted by Crippen LogP contribution is 2.18. The molecule has 2 aromatic rings. The molecule has 1 heterocycles. The predicted octanol–water partition coefficient (Wildman–Crippen LogP) is 3.07. The molecule has 0 atom stereocenters. The first-order valence-corrected chi connectivity index (χ1v) is 6.81. The van der Waals surface area contributed by atoms with E-state index in [1.165, 1.54) is 11.8 Å². The van der Waals surface area contributed by atoms with Gasteiger partial charge in [-0.15, -0.1) is 0 Å². The van der Waals surface area contributed by atoms with Crippen molar-refractivity contribution in [2.75, 3.05) is 6.26 Å². The van der Waals surface area contributed by atoms with E-state index < -0.39 is 5.97 Å². The standard InChI is InChI=1S/C12H11ClN2O2S/c1-18-12-14-9(10(15-12)11(16)17)6-7-2-4-8(13)5-3-7/h2-5H,6H2,1H3,(H,14,15)(H,16,17). The van der Waals surface area contributed by atoms with Gasteiger partial charge in [0.25, 0.3) is 0 Å². The van der Waals surface area contributed by atoms with E-state index in [4.69, 9.17) is 16.7 Å². The summed E-state index contributed by atoms with van der Waals surface area (Å²) in [5.74, 6) is -1.02. The number of halogens is 1. The Morgan fingerprint density at radius 3 is 2.67 bits per heavy atom. The Morgan fingerprint density at radius 1 is 1.44 bits per heavy atom. The maximum Gasteiger partial charge on any atom is 0.356 e. The summed E-state index contributed by atoms with van der Waals surface area (Å²) < 4.78 is 0. The zero-order valence-corrected chi connectivity index (χ0v) is 11.2. The van der Waals surface area contributed by atoms with Gasteiger partial charge in [0.2, 0.25) is 0 Å². The molecule has 0 saturated heterocycles. The second kappa shape index (κ2) is 5.46. The molecule has 0 unspecified atom stereocenters. The van der Waals surface area contributed by atoms with Gasteiger partial charge in [-0.3, -0.25) is 0 Å². The fraction of sp³-hybridized carbons (Fsp3) is 0.167. The van der Waals surface area contributed by atoms with Crippen LogP contribution < -0.4 is 0 Å². The van der Waals surface area contributed by atoms with Crippen molar-refractivity contribution in [2.45, 2.75) is 11.6 Å². The van der Waals surface area contributed by atoms with Crippen LogP contribution in [0.5, 0.6) is 0 Å². The minimum Gasteiger partial charge on any atom is -0.476 e. The minimum absolute atomic E-state index is 0.0781. The van der Waals surface area contributed by atoms with Gasteiger partial charge in [0.1, 0.15) is 0 Å². The molecule has 0 aliphatic rings. The smallest absolute Gasteiger partial charge is 0.356 e. The summed E-state index contributed by atoms with van der Waals surface area (Å²) in [4.78, 5) is 18.1. The van der Waals surface area contributed by atoms with Gasteiger partial charge in [-0.05, 0) is 24.0 Å². The van der Waals surface area contributed by atoms with Gasteiger partial charge in [0.05, 0.1) is 5.69 Å². The SMILES string of the molecule is CSc1nc(C(=O)O)c(Cc2ccc(Cl)cc2)[nH]1. The summed E-state index contributed by atoms with van der Waals surface area (Å²) in [5, 5.41) is 10.4. The van der Waals surface area contributed by atoms with Crippen molar-refractivity contribution in [1.29, 1.82) is 0 Å².